The highest BCUT2D eigenvalue weighted by Crippen LogP contribution is 2.17. The van der Waals surface area contributed by atoms with Gasteiger partial charge in [-0.2, -0.15) is 4.98 Å². The fourth-order valence-electron chi connectivity index (χ4n) is 2.16. The Morgan fingerprint density at radius 3 is 2.56 bits per heavy atom. The van der Waals surface area contributed by atoms with E-state index in [1.165, 1.54) is 6.20 Å². The summed E-state index contributed by atoms with van der Waals surface area (Å²) in [5, 5.41) is 3.07. The van der Waals surface area contributed by atoms with Gasteiger partial charge in [-0.15, -0.1) is 0 Å². The van der Waals surface area contributed by atoms with Crippen molar-refractivity contribution in [3.8, 4) is 5.88 Å². The quantitative estimate of drug-likeness (QED) is 0.686. The molecule has 126 valence electrons. The van der Waals surface area contributed by atoms with Crippen molar-refractivity contribution in [2.75, 3.05) is 5.32 Å². The minimum Gasteiger partial charge on any atom is -0.472 e. The lowest BCUT2D eigenvalue weighted by atomic mass is 10.2. The number of benzene rings is 1. The number of pyridine rings is 1. The summed E-state index contributed by atoms with van der Waals surface area (Å²) < 4.78 is 5.64. The first-order valence-corrected chi connectivity index (χ1v) is 7.69. The average molecular weight is 335 g/mol. The first-order valence-electron chi connectivity index (χ1n) is 7.69. The Hall–Kier alpha value is -3.48. The zero-order chi connectivity index (χ0) is 17.5. The van der Waals surface area contributed by atoms with Crippen LogP contribution in [0.2, 0.25) is 0 Å². The molecule has 0 saturated heterocycles. The predicted molar refractivity (Wildman–Crippen MR) is 92.9 cm³/mol. The van der Waals surface area contributed by atoms with Gasteiger partial charge in [-0.3, -0.25) is 9.78 Å². The smallest absolute Gasteiger partial charge is 0.271 e. The van der Waals surface area contributed by atoms with Crippen LogP contribution in [0.25, 0.3) is 0 Å². The number of nitrogens with two attached hydrogens (primary N) is 1. The van der Waals surface area contributed by atoms with Gasteiger partial charge in [-0.1, -0.05) is 30.3 Å². The number of nitrogens with zero attached hydrogens (tertiary/aromatic N) is 3. The van der Waals surface area contributed by atoms with Crippen LogP contribution in [0.3, 0.4) is 0 Å². The number of amides is 1. The maximum absolute atomic E-state index is 11.6. The van der Waals surface area contributed by atoms with Gasteiger partial charge in [0, 0.05) is 18.9 Å². The molecule has 0 aliphatic carbocycles. The van der Waals surface area contributed by atoms with Crippen LogP contribution >= 0.6 is 0 Å². The highest BCUT2D eigenvalue weighted by Gasteiger charge is 2.13. The van der Waals surface area contributed by atoms with E-state index < -0.39 is 5.91 Å². The van der Waals surface area contributed by atoms with Gasteiger partial charge in [-0.05, 0) is 23.3 Å². The summed E-state index contributed by atoms with van der Waals surface area (Å²) in [4.78, 5) is 23.9. The Labute approximate surface area is 144 Å². The van der Waals surface area contributed by atoms with Crippen molar-refractivity contribution in [1.82, 2.24) is 15.0 Å². The lowest BCUT2D eigenvalue weighted by Crippen LogP contribution is -2.18. The number of hydrogen-bond acceptors (Lipinski definition) is 6. The monoisotopic (exact) mass is 335 g/mol. The summed E-state index contributed by atoms with van der Waals surface area (Å²) in [6.45, 7) is 0.814. The molecule has 7 heteroatoms. The van der Waals surface area contributed by atoms with Crippen LogP contribution in [0.4, 0.5) is 5.82 Å². The molecule has 1 amide bonds. The van der Waals surface area contributed by atoms with Gasteiger partial charge in [0.1, 0.15) is 6.61 Å². The molecule has 7 nitrogen and oxygen atoms in total. The van der Waals surface area contributed by atoms with E-state index in [2.05, 4.69) is 20.3 Å². The Morgan fingerprint density at radius 1 is 1.08 bits per heavy atom. The summed E-state index contributed by atoms with van der Waals surface area (Å²) in [7, 11) is 0. The molecule has 0 aliphatic rings. The third kappa shape index (κ3) is 4.51. The first kappa shape index (κ1) is 16.4. The molecule has 0 bridgehead atoms. The van der Waals surface area contributed by atoms with Crippen molar-refractivity contribution < 1.29 is 9.53 Å². The van der Waals surface area contributed by atoms with Crippen molar-refractivity contribution in [3.63, 3.8) is 0 Å². The highest BCUT2D eigenvalue weighted by molar-refractivity contribution is 5.95. The summed E-state index contributed by atoms with van der Waals surface area (Å²) >= 11 is 0. The average Bonchev–Trinajstić information content (AvgIpc) is 2.66. The van der Waals surface area contributed by atoms with Gasteiger partial charge in [0.05, 0.1) is 6.20 Å². The minimum absolute atomic E-state index is 0.0705. The van der Waals surface area contributed by atoms with Crippen molar-refractivity contribution in [3.05, 3.63) is 77.9 Å². The Kier molecular flexibility index (Phi) is 5.16. The van der Waals surface area contributed by atoms with E-state index in [0.717, 1.165) is 11.1 Å². The molecular weight excluding hydrogens is 318 g/mol. The fourth-order valence-corrected chi connectivity index (χ4v) is 2.16. The van der Waals surface area contributed by atoms with E-state index in [4.69, 9.17) is 10.5 Å². The number of carbonyl (C=O) groups is 1. The lowest BCUT2D eigenvalue weighted by Gasteiger charge is -2.11. The topological polar surface area (TPSA) is 103 Å². The summed E-state index contributed by atoms with van der Waals surface area (Å²) in [6.07, 6.45) is 4.77. The molecular formula is C18H17N5O2. The second-order valence-electron chi connectivity index (χ2n) is 5.25. The van der Waals surface area contributed by atoms with Crippen molar-refractivity contribution in [2.45, 2.75) is 13.2 Å². The Bertz CT molecular complexity index is 841. The molecule has 3 rings (SSSR count). The van der Waals surface area contributed by atoms with E-state index in [-0.39, 0.29) is 11.5 Å². The molecule has 0 atom stereocenters. The molecule has 3 N–H and O–H groups in total. The van der Waals surface area contributed by atoms with E-state index in [1.54, 1.807) is 12.4 Å². The Morgan fingerprint density at radius 2 is 1.84 bits per heavy atom. The molecule has 0 saturated carbocycles. The van der Waals surface area contributed by atoms with Crippen molar-refractivity contribution in [2.24, 2.45) is 5.73 Å². The fraction of sp³-hybridized carbons (Fsp3) is 0.111. The van der Waals surface area contributed by atoms with Gasteiger partial charge in [-0.25, -0.2) is 4.98 Å². The van der Waals surface area contributed by atoms with E-state index >= 15 is 0 Å². The van der Waals surface area contributed by atoms with Crippen LogP contribution in [0, 0.1) is 0 Å². The zero-order valence-electron chi connectivity index (χ0n) is 13.4. The van der Waals surface area contributed by atoms with Crippen LogP contribution in [-0.2, 0) is 13.2 Å². The first-order chi connectivity index (χ1) is 12.2. The van der Waals surface area contributed by atoms with Crippen LogP contribution in [0.1, 0.15) is 21.6 Å². The number of rotatable bonds is 7. The number of primary amides is 1. The molecule has 0 fully saturated rings. The number of aromatic nitrogens is 3. The van der Waals surface area contributed by atoms with Gasteiger partial charge in [0.25, 0.3) is 5.91 Å². The molecule has 25 heavy (non-hydrogen) atoms. The van der Waals surface area contributed by atoms with Gasteiger partial charge in [0.15, 0.2) is 11.5 Å². The van der Waals surface area contributed by atoms with Gasteiger partial charge >= 0.3 is 0 Å². The molecule has 2 heterocycles. The van der Waals surface area contributed by atoms with Gasteiger partial charge < -0.3 is 15.8 Å². The lowest BCUT2D eigenvalue weighted by molar-refractivity contribution is 0.0996. The van der Waals surface area contributed by atoms with E-state index in [9.17, 15) is 4.79 Å². The molecule has 0 radical (unpaired) electrons. The van der Waals surface area contributed by atoms with Gasteiger partial charge in [0.2, 0.25) is 5.88 Å². The number of ether oxygens (including phenoxy) is 1. The predicted octanol–water partition coefficient (Wildman–Crippen LogP) is 2.16. The largest absolute Gasteiger partial charge is 0.472 e. The second-order valence-corrected chi connectivity index (χ2v) is 5.25. The summed E-state index contributed by atoms with van der Waals surface area (Å²) in [6, 6.07) is 13.4. The van der Waals surface area contributed by atoms with E-state index in [0.29, 0.717) is 19.0 Å². The SMILES string of the molecule is NC(=O)c1ncc(OCc2ccccc2)nc1NCc1ccncc1. The molecule has 2 aromatic heterocycles. The van der Waals surface area contributed by atoms with Crippen LogP contribution in [0.5, 0.6) is 5.88 Å². The number of nitrogens with one attached hydrogen (secondary N) is 1. The summed E-state index contributed by atoms with van der Waals surface area (Å²) in [5.41, 5.74) is 7.43. The van der Waals surface area contributed by atoms with Crippen LogP contribution in [0.15, 0.2) is 61.1 Å². The highest BCUT2D eigenvalue weighted by atomic mass is 16.5. The molecule has 0 aliphatic heterocycles. The third-order valence-corrected chi connectivity index (χ3v) is 3.42. The molecule has 1 aromatic carbocycles. The summed E-state index contributed by atoms with van der Waals surface area (Å²) in [5.74, 6) is -0.0553. The van der Waals surface area contributed by atoms with Crippen molar-refractivity contribution >= 4 is 11.7 Å². The van der Waals surface area contributed by atoms with E-state index in [1.807, 2.05) is 42.5 Å². The van der Waals surface area contributed by atoms with Crippen LogP contribution in [-0.4, -0.2) is 20.9 Å². The number of anilines is 1. The minimum atomic E-state index is -0.653. The maximum Gasteiger partial charge on any atom is 0.271 e. The normalized spacial score (nSPS) is 10.2. The Balaban J connectivity index is 1.73. The molecule has 3 aromatic rings. The number of carbonyl (C=O) groups excluding carboxylic acids is 1. The molecule has 0 spiro atoms. The maximum atomic E-state index is 11.6. The standard InChI is InChI=1S/C18H17N5O2/c19-17(24)16-18(22-10-13-6-8-20-9-7-13)23-15(11-21-16)25-12-14-4-2-1-3-5-14/h1-9,11H,10,12H2,(H2,19,24)(H,22,23). The molecule has 0 unspecified atom stereocenters. The number of hydrogen-bond donors (Lipinski definition) is 2. The zero-order valence-corrected chi connectivity index (χ0v) is 13.4. The van der Waals surface area contributed by atoms with Crippen LogP contribution < -0.4 is 15.8 Å². The third-order valence-electron chi connectivity index (χ3n) is 3.42. The second kappa shape index (κ2) is 7.87. The van der Waals surface area contributed by atoms with Crippen molar-refractivity contribution in [1.29, 1.82) is 0 Å².